The molecule has 0 aromatic rings. The van der Waals surface area contributed by atoms with E-state index in [1.54, 1.807) is 13.8 Å². The summed E-state index contributed by atoms with van der Waals surface area (Å²) in [7, 11) is 0. The van der Waals surface area contributed by atoms with E-state index in [1.165, 1.54) is 12.8 Å². The minimum atomic E-state index is -0.976. The van der Waals surface area contributed by atoms with Crippen LogP contribution in [0, 0.1) is 5.41 Å². The fourth-order valence-corrected chi connectivity index (χ4v) is 2.14. The number of carbonyl (C=O) groups excluding carboxylic acids is 2. The van der Waals surface area contributed by atoms with Crippen LogP contribution in [0.15, 0.2) is 0 Å². The van der Waals surface area contributed by atoms with Crippen molar-refractivity contribution in [3.05, 3.63) is 0 Å². The number of unbranched alkanes of at least 4 members (excludes halogenated alkanes) is 1. The largest absolute Gasteiger partial charge is 0.355 e. The summed E-state index contributed by atoms with van der Waals surface area (Å²) < 4.78 is 0. The lowest BCUT2D eigenvalue weighted by Crippen LogP contribution is -2.50. The molecule has 4 heteroatoms. The summed E-state index contributed by atoms with van der Waals surface area (Å²) >= 11 is 0. The second kappa shape index (κ2) is 6.76. The van der Waals surface area contributed by atoms with Gasteiger partial charge in [-0.25, -0.2) is 0 Å². The molecule has 0 aromatic carbocycles. The number of hydrogen-bond acceptors (Lipinski definition) is 2. The van der Waals surface area contributed by atoms with Crippen molar-refractivity contribution in [2.75, 3.05) is 6.54 Å². The Labute approximate surface area is 110 Å². The van der Waals surface area contributed by atoms with Gasteiger partial charge in [0, 0.05) is 12.6 Å². The molecule has 0 atom stereocenters. The van der Waals surface area contributed by atoms with E-state index in [4.69, 9.17) is 0 Å². The summed E-state index contributed by atoms with van der Waals surface area (Å²) in [5.74, 6) is -0.324. The molecule has 1 rings (SSSR count). The highest BCUT2D eigenvalue weighted by molar-refractivity contribution is 6.04. The average molecular weight is 254 g/mol. The summed E-state index contributed by atoms with van der Waals surface area (Å²) in [6.45, 7) is 6.11. The minimum Gasteiger partial charge on any atom is -0.355 e. The van der Waals surface area contributed by atoms with Gasteiger partial charge in [-0.1, -0.05) is 26.2 Å². The first-order valence-corrected chi connectivity index (χ1v) is 7.07. The number of carbonyl (C=O) groups is 2. The topological polar surface area (TPSA) is 58.2 Å². The molecule has 0 aliphatic heterocycles. The van der Waals surface area contributed by atoms with Crippen molar-refractivity contribution in [3.8, 4) is 0 Å². The minimum absolute atomic E-state index is 0.150. The summed E-state index contributed by atoms with van der Waals surface area (Å²) in [4.78, 5) is 24.1. The molecule has 0 heterocycles. The zero-order valence-corrected chi connectivity index (χ0v) is 11.8. The highest BCUT2D eigenvalue weighted by Crippen LogP contribution is 2.21. The molecule has 18 heavy (non-hydrogen) atoms. The van der Waals surface area contributed by atoms with Crippen LogP contribution in [0.5, 0.6) is 0 Å². The van der Waals surface area contributed by atoms with Crippen LogP contribution in [-0.4, -0.2) is 24.4 Å². The van der Waals surface area contributed by atoms with Crippen LogP contribution in [0.25, 0.3) is 0 Å². The Bertz CT molecular complexity index is 294. The van der Waals surface area contributed by atoms with Crippen molar-refractivity contribution >= 4 is 11.8 Å². The van der Waals surface area contributed by atoms with Gasteiger partial charge < -0.3 is 10.6 Å². The van der Waals surface area contributed by atoms with E-state index in [0.29, 0.717) is 6.54 Å². The Morgan fingerprint density at radius 1 is 1.17 bits per heavy atom. The van der Waals surface area contributed by atoms with Crippen LogP contribution in [0.1, 0.15) is 59.3 Å². The van der Waals surface area contributed by atoms with Gasteiger partial charge in [0.15, 0.2) is 0 Å². The molecular formula is C14H26N2O2. The van der Waals surface area contributed by atoms with E-state index in [-0.39, 0.29) is 17.9 Å². The number of hydrogen-bond donors (Lipinski definition) is 2. The lowest BCUT2D eigenvalue weighted by atomic mass is 9.90. The fraction of sp³-hybridized carbons (Fsp3) is 0.857. The zero-order chi connectivity index (χ0) is 13.6. The first kappa shape index (κ1) is 15.0. The number of rotatable bonds is 6. The van der Waals surface area contributed by atoms with E-state index in [1.807, 2.05) is 0 Å². The predicted molar refractivity (Wildman–Crippen MR) is 72.1 cm³/mol. The van der Waals surface area contributed by atoms with Crippen molar-refractivity contribution in [2.45, 2.75) is 65.3 Å². The van der Waals surface area contributed by atoms with Crippen LogP contribution < -0.4 is 10.6 Å². The third-order valence-corrected chi connectivity index (χ3v) is 3.64. The normalized spacial score (nSPS) is 16.6. The predicted octanol–water partition coefficient (Wildman–Crippen LogP) is 1.99. The van der Waals surface area contributed by atoms with Crippen molar-refractivity contribution < 1.29 is 9.59 Å². The monoisotopic (exact) mass is 254 g/mol. The molecule has 0 unspecified atom stereocenters. The SMILES string of the molecule is CCCCNC(=O)C(C)(C)C(=O)NC1CCCC1. The van der Waals surface area contributed by atoms with Gasteiger partial charge in [0.05, 0.1) is 0 Å². The van der Waals surface area contributed by atoms with E-state index in [0.717, 1.165) is 25.7 Å². The Balaban J connectivity index is 2.44. The Morgan fingerprint density at radius 2 is 1.78 bits per heavy atom. The molecular weight excluding hydrogens is 228 g/mol. The Hall–Kier alpha value is -1.06. The standard InChI is InChI=1S/C14H26N2O2/c1-4-5-10-15-12(17)14(2,3)13(18)16-11-8-6-7-9-11/h11H,4-10H2,1-3H3,(H,15,17)(H,16,18). The van der Waals surface area contributed by atoms with Crippen molar-refractivity contribution in [3.63, 3.8) is 0 Å². The van der Waals surface area contributed by atoms with Gasteiger partial charge in [-0.15, -0.1) is 0 Å². The maximum atomic E-state index is 12.1. The maximum absolute atomic E-state index is 12.1. The zero-order valence-electron chi connectivity index (χ0n) is 11.8. The Morgan fingerprint density at radius 3 is 2.33 bits per heavy atom. The lowest BCUT2D eigenvalue weighted by Gasteiger charge is -2.24. The van der Waals surface area contributed by atoms with Crippen molar-refractivity contribution in [2.24, 2.45) is 5.41 Å². The molecule has 0 spiro atoms. The number of nitrogens with one attached hydrogen (secondary N) is 2. The second-order valence-electron chi connectivity index (χ2n) is 5.69. The molecule has 104 valence electrons. The quantitative estimate of drug-likeness (QED) is 0.562. The molecule has 2 amide bonds. The first-order valence-electron chi connectivity index (χ1n) is 7.07. The van der Waals surface area contributed by atoms with Gasteiger partial charge in [-0.05, 0) is 33.1 Å². The van der Waals surface area contributed by atoms with E-state index in [2.05, 4.69) is 17.6 Å². The van der Waals surface area contributed by atoms with E-state index in [9.17, 15) is 9.59 Å². The third-order valence-electron chi connectivity index (χ3n) is 3.64. The second-order valence-corrected chi connectivity index (χ2v) is 5.69. The fourth-order valence-electron chi connectivity index (χ4n) is 2.14. The maximum Gasteiger partial charge on any atom is 0.235 e. The van der Waals surface area contributed by atoms with Gasteiger partial charge in [0.1, 0.15) is 5.41 Å². The summed E-state index contributed by atoms with van der Waals surface area (Å²) in [6.07, 6.45) is 6.42. The summed E-state index contributed by atoms with van der Waals surface area (Å²) in [6, 6.07) is 0.264. The highest BCUT2D eigenvalue weighted by Gasteiger charge is 2.37. The van der Waals surface area contributed by atoms with Gasteiger partial charge >= 0.3 is 0 Å². The first-order chi connectivity index (χ1) is 8.48. The third kappa shape index (κ3) is 4.00. The molecule has 1 fully saturated rings. The molecule has 0 radical (unpaired) electrons. The molecule has 0 aromatic heterocycles. The van der Waals surface area contributed by atoms with Gasteiger partial charge in [-0.2, -0.15) is 0 Å². The summed E-state index contributed by atoms with van der Waals surface area (Å²) in [5.41, 5.74) is -0.976. The van der Waals surface area contributed by atoms with Crippen LogP contribution >= 0.6 is 0 Å². The molecule has 1 saturated carbocycles. The molecule has 1 aliphatic rings. The average Bonchev–Trinajstić information content (AvgIpc) is 2.81. The van der Waals surface area contributed by atoms with E-state index < -0.39 is 5.41 Å². The molecule has 0 saturated heterocycles. The lowest BCUT2D eigenvalue weighted by molar-refractivity contribution is -0.141. The van der Waals surface area contributed by atoms with Crippen molar-refractivity contribution in [1.82, 2.24) is 10.6 Å². The highest BCUT2D eigenvalue weighted by atomic mass is 16.2. The smallest absolute Gasteiger partial charge is 0.235 e. The Kier molecular flexibility index (Phi) is 5.63. The van der Waals surface area contributed by atoms with Gasteiger partial charge in [-0.3, -0.25) is 9.59 Å². The van der Waals surface area contributed by atoms with Crippen LogP contribution in [0.3, 0.4) is 0 Å². The molecule has 1 aliphatic carbocycles. The van der Waals surface area contributed by atoms with Gasteiger partial charge in [0.25, 0.3) is 0 Å². The molecule has 4 nitrogen and oxygen atoms in total. The van der Waals surface area contributed by atoms with Gasteiger partial charge in [0.2, 0.25) is 11.8 Å². The van der Waals surface area contributed by atoms with Crippen molar-refractivity contribution in [1.29, 1.82) is 0 Å². The number of amides is 2. The molecule has 2 N–H and O–H groups in total. The summed E-state index contributed by atoms with van der Waals surface area (Å²) in [5, 5.41) is 5.82. The van der Waals surface area contributed by atoms with Crippen LogP contribution in [0.2, 0.25) is 0 Å². The molecule has 0 bridgehead atoms. The van der Waals surface area contributed by atoms with E-state index >= 15 is 0 Å². The van der Waals surface area contributed by atoms with Crippen LogP contribution in [-0.2, 0) is 9.59 Å². The van der Waals surface area contributed by atoms with Crippen LogP contribution in [0.4, 0.5) is 0 Å².